The Hall–Kier alpha value is -1.09. The average molecular weight is 208 g/mol. The van der Waals surface area contributed by atoms with Gasteiger partial charge in [0.2, 0.25) is 0 Å². The first-order valence-corrected chi connectivity index (χ1v) is 5.09. The van der Waals surface area contributed by atoms with Gasteiger partial charge in [0.15, 0.2) is 5.11 Å². The lowest BCUT2D eigenvalue weighted by atomic mass is 10.0. The van der Waals surface area contributed by atoms with Crippen LogP contribution in [0.3, 0.4) is 0 Å². The molecule has 1 atom stereocenters. The molecule has 0 saturated carbocycles. The molecule has 0 radical (unpaired) electrons. The zero-order chi connectivity index (χ0) is 10.6. The highest BCUT2D eigenvalue weighted by Gasteiger charge is 2.07. The predicted molar refractivity (Wildman–Crippen MR) is 64.4 cm³/mol. The zero-order valence-electron chi connectivity index (χ0n) is 8.79. The Kier molecular flexibility index (Phi) is 3.89. The van der Waals surface area contributed by atoms with Crippen molar-refractivity contribution in [1.82, 2.24) is 10.6 Å². The van der Waals surface area contributed by atoms with Crippen molar-refractivity contribution in [2.45, 2.75) is 19.9 Å². The molecule has 1 aromatic rings. The van der Waals surface area contributed by atoms with E-state index in [1.54, 1.807) is 0 Å². The second-order valence-corrected chi connectivity index (χ2v) is 3.71. The molecule has 76 valence electrons. The summed E-state index contributed by atoms with van der Waals surface area (Å²) >= 11 is 5.05. The van der Waals surface area contributed by atoms with Gasteiger partial charge in [-0.15, -0.1) is 0 Å². The van der Waals surface area contributed by atoms with Crippen LogP contribution in [0, 0.1) is 6.92 Å². The molecule has 2 N–H and O–H groups in total. The average Bonchev–Trinajstić information content (AvgIpc) is 2.18. The van der Waals surface area contributed by atoms with Crippen molar-refractivity contribution in [3.8, 4) is 0 Å². The molecule has 0 amide bonds. The lowest BCUT2D eigenvalue weighted by Crippen LogP contribution is -2.34. The minimum Gasteiger partial charge on any atom is -0.366 e. The Morgan fingerprint density at radius 3 is 2.57 bits per heavy atom. The molecule has 0 spiro atoms. The van der Waals surface area contributed by atoms with E-state index in [1.807, 2.05) is 19.2 Å². The first kappa shape index (κ1) is 11.0. The molecule has 0 bridgehead atoms. The van der Waals surface area contributed by atoms with Crippen LogP contribution in [0.15, 0.2) is 24.3 Å². The zero-order valence-corrected chi connectivity index (χ0v) is 9.61. The Morgan fingerprint density at radius 1 is 1.36 bits per heavy atom. The maximum Gasteiger partial charge on any atom is 0.166 e. The van der Waals surface area contributed by atoms with Gasteiger partial charge in [-0.05, 0) is 37.2 Å². The second-order valence-electron chi connectivity index (χ2n) is 3.30. The molecule has 1 rings (SSSR count). The van der Waals surface area contributed by atoms with Gasteiger partial charge in [0.05, 0.1) is 6.04 Å². The third kappa shape index (κ3) is 2.70. The van der Waals surface area contributed by atoms with E-state index >= 15 is 0 Å². The van der Waals surface area contributed by atoms with Crippen molar-refractivity contribution in [3.05, 3.63) is 35.4 Å². The van der Waals surface area contributed by atoms with E-state index in [0.717, 1.165) is 0 Å². The van der Waals surface area contributed by atoms with E-state index in [9.17, 15) is 0 Å². The Bertz CT molecular complexity index is 323. The van der Waals surface area contributed by atoms with E-state index in [0.29, 0.717) is 5.11 Å². The fourth-order valence-electron chi connectivity index (χ4n) is 1.42. The third-order valence-electron chi connectivity index (χ3n) is 2.23. The Morgan fingerprint density at radius 2 is 2.00 bits per heavy atom. The number of hydrogen-bond acceptors (Lipinski definition) is 1. The molecule has 0 aliphatic rings. The largest absolute Gasteiger partial charge is 0.366 e. The molecular weight excluding hydrogens is 192 g/mol. The van der Waals surface area contributed by atoms with Gasteiger partial charge in [-0.25, -0.2) is 0 Å². The molecule has 0 aliphatic carbocycles. The molecule has 0 fully saturated rings. The summed E-state index contributed by atoms with van der Waals surface area (Å²) in [5.74, 6) is 0. The van der Waals surface area contributed by atoms with Gasteiger partial charge < -0.3 is 10.6 Å². The minimum atomic E-state index is 0.246. The number of rotatable bonds is 2. The minimum absolute atomic E-state index is 0.246. The van der Waals surface area contributed by atoms with Crippen LogP contribution in [0.2, 0.25) is 0 Å². The molecule has 0 aliphatic heterocycles. The van der Waals surface area contributed by atoms with Crippen molar-refractivity contribution in [2.24, 2.45) is 0 Å². The topological polar surface area (TPSA) is 24.1 Å². The number of benzene rings is 1. The predicted octanol–water partition coefficient (Wildman–Crippen LogP) is 2.15. The van der Waals surface area contributed by atoms with E-state index in [4.69, 9.17) is 12.2 Å². The summed E-state index contributed by atoms with van der Waals surface area (Å²) < 4.78 is 0. The normalized spacial score (nSPS) is 11.9. The third-order valence-corrected chi connectivity index (χ3v) is 2.55. The standard InChI is InChI=1S/C11H16N2S/c1-8-6-4-5-7-10(8)9(2)13-11(14)12-3/h4-7,9H,1-3H3,(H2,12,13,14). The highest BCUT2D eigenvalue weighted by atomic mass is 32.1. The summed E-state index contributed by atoms with van der Waals surface area (Å²) in [6.45, 7) is 4.21. The Balaban J connectivity index is 2.74. The van der Waals surface area contributed by atoms with Crippen molar-refractivity contribution in [2.75, 3.05) is 7.05 Å². The SMILES string of the molecule is CNC(=S)NC(C)c1ccccc1C. The van der Waals surface area contributed by atoms with Crippen molar-refractivity contribution in [1.29, 1.82) is 0 Å². The summed E-state index contributed by atoms with van der Waals surface area (Å²) in [6.07, 6.45) is 0. The second kappa shape index (κ2) is 4.96. The molecule has 0 saturated heterocycles. The van der Waals surface area contributed by atoms with Crippen LogP contribution in [-0.4, -0.2) is 12.2 Å². The highest BCUT2D eigenvalue weighted by molar-refractivity contribution is 7.80. The Labute approximate surface area is 90.7 Å². The molecule has 0 heterocycles. The van der Waals surface area contributed by atoms with Crippen molar-refractivity contribution < 1.29 is 0 Å². The summed E-state index contributed by atoms with van der Waals surface area (Å²) in [4.78, 5) is 0. The van der Waals surface area contributed by atoms with Crippen LogP contribution in [0.25, 0.3) is 0 Å². The van der Waals surface area contributed by atoms with Gasteiger partial charge in [0.25, 0.3) is 0 Å². The fourth-order valence-corrected chi connectivity index (χ4v) is 1.60. The summed E-state index contributed by atoms with van der Waals surface area (Å²) in [6, 6.07) is 8.56. The van der Waals surface area contributed by atoms with Gasteiger partial charge in [-0.2, -0.15) is 0 Å². The van der Waals surface area contributed by atoms with Crippen LogP contribution < -0.4 is 10.6 Å². The summed E-state index contributed by atoms with van der Waals surface area (Å²) in [5.41, 5.74) is 2.57. The number of thiocarbonyl (C=S) groups is 1. The molecule has 14 heavy (non-hydrogen) atoms. The van der Waals surface area contributed by atoms with Gasteiger partial charge in [-0.3, -0.25) is 0 Å². The van der Waals surface area contributed by atoms with E-state index in [1.165, 1.54) is 11.1 Å². The van der Waals surface area contributed by atoms with E-state index in [-0.39, 0.29) is 6.04 Å². The lowest BCUT2D eigenvalue weighted by Gasteiger charge is -2.17. The van der Waals surface area contributed by atoms with Crippen LogP contribution in [0.1, 0.15) is 24.1 Å². The first-order chi connectivity index (χ1) is 6.65. The smallest absolute Gasteiger partial charge is 0.166 e. The molecule has 3 heteroatoms. The van der Waals surface area contributed by atoms with Gasteiger partial charge in [0, 0.05) is 7.05 Å². The fraction of sp³-hybridized carbons (Fsp3) is 0.364. The van der Waals surface area contributed by atoms with Crippen LogP contribution in [0.5, 0.6) is 0 Å². The van der Waals surface area contributed by atoms with Crippen molar-refractivity contribution >= 4 is 17.3 Å². The first-order valence-electron chi connectivity index (χ1n) is 4.69. The van der Waals surface area contributed by atoms with Gasteiger partial charge in [0.1, 0.15) is 0 Å². The van der Waals surface area contributed by atoms with Crippen LogP contribution in [0.4, 0.5) is 0 Å². The van der Waals surface area contributed by atoms with Gasteiger partial charge >= 0.3 is 0 Å². The van der Waals surface area contributed by atoms with E-state index < -0.39 is 0 Å². The molecule has 1 aromatic carbocycles. The monoisotopic (exact) mass is 208 g/mol. The molecule has 0 aromatic heterocycles. The number of aryl methyl sites for hydroxylation is 1. The molecule has 2 nitrogen and oxygen atoms in total. The highest BCUT2D eigenvalue weighted by Crippen LogP contribution is 2.16. The maximum atomic E-state index is 5.05. The molecular formula is C11H16N2S. The van der Waals surface area contributed by atoms with E-state index in [2.05, 4.69) is 36.6 Å². The maximum absolute atomic E-state index is 5.05. The summed E-state index contributed by atoms with van der Waals surface area (Å²) in [5, 5.41) is 6.79. The number of hydrogen-bond donors (Lipinski definition) is 2. The summed E-state index contributed by atoms with van der Waals surface area (Å²) in [7, 11) is 1.82. The number of nitrogens with one attached hydrogen (secondary N) is 2. The quantitative estimate of drug-likeness (QED) is 0.728. The van der Waals surface area contributed by atoms with Gasteiger partial charge in [-0.1, -0.05) is 24.3 Å². The van der Waals surface area contributed by atoms with Crippen LogP contribution in [-0.2, 0) is 0 Å². The molecule has 1 unspecified atom stereocenters. The van der Waals surface area contributed by atoms with Crippen LogP contribution >= 0.6 is 12.2 Å². The van der Waals surface area contributed by atoms with Crippen molar-refractivity contribution in [3.63, 3.8) is 0 Å². The lowest BCUT2D eigenvalue weighted by molar-refractivity contribution is 0.704.